The highest BCUT2D eigenvalue weighted by molar-refractivity contribution is 5.41. The van der Waals surface area contributed by atoms with Crippen molar-refractivity contribution >= 4 is 0 Å². The van der Waals surface area contributed by atoms with Crippen LogP contribution in [0.4, 0.5) is 8.78 Å². The standard InChI is InChI=1S/C15H15F2NO/c1-9-3-4-10(7-14(9)19-2)15(18)11-5-12(16)8-13(17)6-11/h3-8,15H,18H2,1-2H3. The quantitative estimate of drug-likeness (QED) is 0.921. The van der Waals surface area contributed by atoms with Gasteiger partial charge in [0.25, 0.3) is 0 Å². The SMILES string of the molecule is COc1cc(C(N)c2cc(F)cc(F)c2)ccc1C. The summed E-state index contributed by atoms with van der Waals surface area (Å²) in [5, 5.41) is 0. The molecule has 0 spiro atoms. The van der Waals surface area contributed by atoms with Crippen LogP contribution in [-0.4, -0.2) is 7.11 Å². The van der Waals surface area contributed by atoms with Gasteiger partial charge < -0.3 is 10.5 Å². The fourth-order valence-corrected chi connectivity index (χ4v) is 1.98. The van der Waals surface area contributed by atoms with Gasteiger partial charge in [-0.2, -0.15) is 0 Å². The first-order chi connectivity index (χ1) is 9.01. The Bertz CT molecular complexity index is 578. The Hall–Kier alpha value is -1.94. The molecule has 0 aliphatic carbocycles. The molecule has 0 aliphatic heterocycles. The molecule has 1 unspecified atom stereocenters. The van der Waals surface area contributed by atoms with Crippen molar-refractivity contribution in [2.75, 3.05) is 7.11 Å². The molecule has 0 radical (unpaired) electrons. The van der Waals surface area contributed by atoms with Crippen LogP contribution in [0.1, 0.15) is 22.7 Å². The summed E-state index contributed by atoms with van der Waals surface area (Å²) >= 11 is 0. The van der Waals surface area contributed by atoms with Crippen molar-refractivity contribution < 1.29 is 13.5 Å². The van der Waals surface area contributed by atoms with Crippen molar-refractivity contribution in [3.8, 4) is 5.75 Å². The van der Waals surface area contributed by atoms with Crippen molar-refractivity contribution in [1.29, 1.82) is 0 Å². The first-order valence-electron chi connectivity index (χ1n) is 5.87. The zero-order valence-electron chi connectivity index (χ0n) is 10.8. The number of ether oxygens (including phenoxy) is 1. The molecule has 1 atom stereocenters. The molecule has 2 N–H and O–H groups in total. The molecule has 0 saturated heterocycles. The van der Waals surface area contributed by atoms with Crippen molar-refractivity contribution in [3.63, 3.8) is 0 Å². The van der Waals surface area contributed by atoms with Crippen molar-refractivity contribution in [2.45, 2.75) is 13.0 Å². The average molecular weight is 263 g/mol. The Morgan fingerprint density at radius 2 is 1.63 bits per heavy atom. The summed E-state index contributed by atoms with van der Waals surface area (Å²) in [6, 6.07) is 8.17. The van der Waals surface area contributed by atoms with E-state index in [0.717, 1.165) is 17.2 Å². The fourth-order valence-electron chi connectivity index (χ4n) is 1.98. The van der Waals surface area contributed by atoms with E-state index in [2.05, 4.69) is 0 Å². The summed E-state index contributed by atoms with van der Waals surface area (Å²) < 4.78 is 31.6. The molecule has 0 bridgehead atoms. The van der Waals surface area contributed by atoms with Crippen LogP contribution in [0.15, 0.2) is 36.4 Å². The lowest BCUT2D eigenvalue weighted by Crippen LogP contribution is -2.12. The van der Waals surface area contributed by atoms with E-state index in [4.69, 9.17) is 10.5 Å². The van der Waals surface area contributed by atoms with Gasteiger partial charge in [0.15, 0.2) is 0 Å². The largest absolute Gasteiger partial charge is 0.496 e. The Morgan fingerprint density at radius 3 is 2.21 bits per heavy atom. The predicted octanol–water partition coefficient (Wildman–Crippen LogP) is 3.33. The summed E-state index contributed by atoms with van der Waals surface area (Å²) in [4.78, 5) is 0. The van der Waals surface area contributed by atoms with E-state index in [9.17, 15) is 8.78 Å². The number of halogens is 2. The fraction of sp³-hybridized carbons (Fsp3) is 0.200. The molecule has 2 rings (SSSR count). The van der Waals surface area contributed by atoms with Gasteiger partial charge in [0.05, 0.1) is 13.2 Å². The molecule has 4 heteroatoms. The third-order valence-corrected chi connectivity index (χ3v) is 3.04. The van der Waals surface area contributed by atoms with Gasteiger partial charge in [0.1, 0.15) is 17.4 Å². The Morgan fingerprint density at radius 1 is 1.00 bits per heavy atom. The minimum atomic E-state index is -0.635. The van der Waals surface area contributed by atoms with Gasteiger partial charge in [-0.15, -0.1) is 0 Å². The van der Waals surface area contributed by atoms with Gasteiger partial charge in [0, 0.05) is 6.07 Å². The lowest BCUT2D eigenvalue weighted by molar-refractivity contribution is 0.411. The highest BCUT2D eigenvalue weighted by atomic mass is 19.1. The molecular formula is C15H15F2NO. The molecule has 0 fully saturated rings. The van der Waals surface area contributed by atoms with Crippen LogP contribution >= 0.6 is 0 Å². The summed E-state index contributed by atoms with van der Waals surface area (Å²) in [6.07, 6.45) is 0. The number of nitrogens with two attached hydrogens (primary N) is 1. The monoisotopic (exact) mass is 263 g/mol. The second-order valence-corrected chi connectivity index (χ2v) is 4.41. The van der Waals surface area contributed by atoms with E-state index in [1.54, 1.807) is 13.2 Å². The lowest BCUT2D eigenvalue weighted by Gasteiger charge is -2.15. The number of benzene rings is 2. The minimum Gasteiger partial charge on any atom is -0.496 e. The maximum absolute atomic E-state index is 13.2. The Labute approximate surface area is 110 Å². The van der Waals surface area contributed by atoms with E-state index < -0.39 is 17.7 Å². The smallest absolute Gasteiger partial charge is 0.126 e. The molecule has 0 aromatic heterocycles. The highest BCUT2D eigenvalue weighted by Gasteiger charge is 2.13. The average Bonchev–Trinajstić information content (AvgIpc) is 2.37. The van der Waals surface area contributed by atoms with E-state index in [-0.39, 0.29) is 0 Å². The van der Waals surface area contributed by atoms with Gasteiger partial charge in [-0.1, -0.05) is 12.1 Å². The second kappa shape index (κ2) is 5.36. The molecule has 0 saturated carbocycles. The van der Waals surface area contributed by atoms with Gasteiger partial charge in [-0.3, -0.25) is 0 Å². The predicted molar refractivity (Wildman–Crippen MR) is 70.1 cm³/mol. The maximum atomic E-state index is 13.2. The van der Waals surface area contributed by atoms with E-state index in [0.29, 0.717) is 11.3 Å². The van der Waals surface area contributed by atoms with E-state index >= 15 is 0 Å². The normalized spacial score (nSPS) is 12.3. The van der Waals surface area contributed by atoms with E-state index in [1.165, 1.54) is 12.1 Å². The third-order valence-electron chi connectivity index (χ3n) is 3.04. The summed E-state index contributed by atoms with van der Waals surface area (Å²) in [7, 11) is 1.57. The van der Waals surface area contributed by atoms with E-state index in [1.807, 2.05) is 19.1 Å². The number of aryl methyl sites for hydroxylation is 1. The number of rotatable bonds is 3. The number of hydrogen-bond acceptors (Lipinski definition) is 2. The van der Waals surface area contributed by atoms with Gasteiger partial charge in [-0.05, 0) is 41.8 Å². The minimum absolute atomic E-state index is 0.392. The van der Waals surface area contributed by atoms with Gasteiger partial charge in [0.2, 0.25) is 0 Å². The molecule has 2 nitrogen and oxygen atoms in total. The summed E-state index contributed by atoms with van der Waals surface area (Å²) in [6.45, 7) is 1.91. The topological polar surface area (TPSA) is 35.2 Å². The molecule has 0 heterocycles. The second-order valence-electron chi connectivity index (χ2n) is 4.41. The van der Waals surface area contributed by atoms with Crippen molar-refractivity contribution in [2.24, 2.45) is 5.73 Å². The van der Waals surface area contributed by atoms with Crippen LogP contribution in [0, 0.1) is 18.6 Å². The summed E-state index contributed by atoms with van der Waals surface area (Å²) in [5.74, 6) is -0.570. The van der Waals surface area contributed by atoms with Crippen LogP contribution in [0.25, 0.3) is 0 Å². The first kappa shape index (κ1) is 13.5. The molecule has 0 aliphatic rings. The van der Waals surface area contributed by atoms with Crippen LogP contribution in [0.3, 0.4) is 0 Å². The first-order valence-corrected chi connectivity index (χ1v) is 5.87. The number of hydrogen-bond donors (Lipinski definition) is 1. The molecule has 19 heavy (non-hydrogen) atoms. The molecule has 2 aromatic rings. The molecule has 2 aromatic carbocycles. The molecular weight excluding hydrogens is 248 g/mol. The van der Waals surface area contributed by atoms with Crippen LogP contribution in [0.2, 0.25) is 0 Å². The Balaban J connectivity index is 2.40. The lowest BCUT2D eigenvalue weighted by atomic mass is 9.98. The van der Waals surface area contributed by atoms with Crippen LogP contribution < -0.4 is 10.5 Å². The maximum Gasteiger partial charge on any atom is 0.126 e. The third kappa shape index (κ3) is 2.90. The highest BCUT2D eigenvalue weighted by Crippen LogP contribution is 2.26. The van der Waals surface area contributed by atoms with Crippen molar-refractivity contribution in [3.05, 3.63) is 64.7 Å². The van der Waals surface area contributed by atoms with Gasteiger partial charge >= 0.3 is 0 Å². The number of methoxy groups -OCH3 is 1. The Kier molecular flexibility index (Phi) is 3.81. The zero-order chi connectivity index (χ0) is 14.0. The van der Waals surface area contributed by atoms with Crippen LogP contribution in [0.5, 0.6) is 5.75 Å². The van der Waals surface area contributed by atoms with Gasteiger partial charge in [-0.25, -0.2) is 8.78 Å². The van der Waals surface area contributed by atoms with Crippen LogP contribution in [-0.2, 0) is 0 Å². The summed E-state index contributed by atoms with van der Waals surface area (Å²) in [5.41, 5.74) is 8.15. The molecule has 0 amide bonds. The van der Waals surface area contributed by atoms with Crippen molar-refractivity contribution in [1.82, 2.24) is 0 Å². The molecule has 100 valence electrons. The zero-order valence-corrected chi connectivity index (χ0v) is 10.8.